The first-order valence-corrected chi connectivity index (χ1v) is 7.57. The van der Waals surface area contributed by atoms with Gasteiger partial charge in [-0.1, -0.05) is 19.9 Å². The zero-order chi connectivity index (χ0) is 15.1. The van der Waals surface area contributed by atoms with Crippen molar-refractivity contribution in [1.82, 2.24) is 5.32 Å². The number of allylic oxidation sites excluding steroid dienone is 1. The molecule has 4 nitrogen and oxygen atoms in total. The topological polar surface area (TPSA) is 39.7 Å². The standard InChI is InChI=1S/C17H25NO3/c1-4-5-6-7-19-15-9-17-16(20-12-21-17)8-14(15)11-18-10-13(2)3/h4,8-9,13,18H,1,5-7,10-12H2,2-3H3. The Labute approximate surface area is 127 Å². The smallest absolute Gasteiger partial charge is 0.231 e. The van der Waals surface area contributed by atoms with E-state index in [9.17, 15) is 0 Å². The maximum Gasteiger partial charge on any atom is 0.231 e. The molecule has 0 radical (unpaired) electrons. The highest BCUT2D eigenvalue weighted by Crippen LogP contribution is 2.38. The number of nitrogens with one attached hydrogen (secondary N) is 1. The van der Waals surface area contributed by atoms with Gasteiger partial charge in [-0.2, -0.15) is 0 Å². The van der Waals surface area contributed by atoms with Gasteiger partial charge < -0.3 is 19.5 Å². The lowest BCUT2D eigenvalue weighted by Crippen LogP contribution is -2.19. The number of rotatable bonds is 9. The lowest BCUT2D eigenvalue weighted by Gasteiger charge is -2.14. The fourth-order valence-electron chi connectivity index (χ4n) is 2.14. The summed E-state index contributed by atoms with van der Waals surface area (Å²) in [6.45, 7) is 10.8. The second-order valence-corrected chi connectivity index (χ2v) is 5.62. The Morgan fingerprint density at radius 1 is 1.33 bits per heavy atom. The fraction of sp³-hybridized carbons (Fsp3) is 0.529. The third-order valence-electron chi connectivity index (χ3n) is 3.23. The molecule has 1 aliphatic rings. The lowest BCUT2D eigenvalue weighted by molar-refractivity contribution is 0.173. The van der Waals surface area contributed by atoms with Crippen molar-refractivity contribution >= 4 is 0 Å². The van der Waals surface area contributed by atoms with Gasteiger partial charge in [-0.3, -0.25) is 0 Å². The molecular formula is C17H25NO3. The van der Waals surface area contributed by atoms with Crippen LogP contribution in [0.15, 0.2) is 24.8 Å². The van der Waals surface area contributed by atoms with Crippen molar-refractivity contribution in [2.24, 2.45) is 5.92 Å². The molecule has 0 aliphatic carbocycles. The third-order valence-corrected chi connectivity index (χ3v) is 3.23. The van der Waals surface area contributed by atoms with E-state index in [0.717, 1.165) is 48.7 Å². The summed E-state index contributed by atoms with van der Waals surface area (Å²) in [5.41, 5.74) is 1.11. The van der Waals surface area contributed by atoms with E-state index >= 15 is 0 Å². The van der Waals surface area contributed by atoms with Crippen LogP contribution in [0, 0.1) is 5.92 Å². The third kappa shape index (κ3) is 4.67. The minimum Gasteiger partial charge on any atom is -0.493 e. The molecule has 116 valence electrons. The highest BCUT2D eigenvalue weighted by Gasteiger charge is 2.18. The predicted octanol–water partition coefficient (Wildman–Crippen LogP) is 3.51. The van der Waals surface area contributed by atoms with Gasteiger partial charge in [-0.15, -0.1) is 6.58 Å². The Morgan fingerprint density at radius 3 is 2.81 bits per heavy atom. The van der Waals surface area contributed by atoms with E-state index in [4.69, 9.17) is 14.2 Å². The highest BCUT2D eigenvalue weighted by molar-refractivity contribution is 5.51. The van der Waals surface area contributed by atoms with Crippen LogP contribution in [0.3, 0.4) is 0 Å². The van der Waals surface area contributed by atoms with Crippen LogP contribution in [-0.4, -0.2) is 19.9 Å². The molecule has 0 unspecified atom stereocenters. The summed E-state index contributed by atoms with van der Waals surface area (Å²) >= 11 is 0. The fourth-order valence-corrected chi connectivity index (χ4v) is 2.14. The molecular weight excluding hydrogens is 266 g/mol. The highest BCUT2D eigenvalue weighted by atomic mass is 16.7. The largest absolute Gasteiger partial charge is 0.493 e. The molecule has 0 amide bonds. The zero-order valence-electron chi connectivity index (χ0n) is 13.0. The van der Waals surface area contributed by atoms with E-state index in [1.165, 1.54) is 0 Å². The summed E-state index contributed by atoms with van der Waals surface area (Å²) in [4.78, 5) is 0. The van der Waals surface area contributed by atoms with Crippen LogP contribution < -0.4 is 19.5 Å². The quantitative estimate of drug-likeness (QED) is 0.558. The molecule has 0 bridgehead atoms. The first-order chi connectivity index (χ1) is 10.2. The molecule has 1 aromatic rings. The number of benzene rings is 1. The van der Waals surface area contributed by atoms with Crippen molar-refractivity contribution in [2.45, 2.75) is 33.2 Å². The van der Waals surface area contributed by atoms with E-state index in [1.807, 2.05) is 18.2 Å². The van der Waals surface area contributed by atoms with E-state index in [1.54, 1.807) is 0 Å². The summed E-state index contributed by atoms with van der Waals surface area (Å²) in [5, 5.41) is 3.44. The van der Waals surface area contributed by atoms with Gasteiger partial charge in [0.05, 0.1) is 6.61 Å². The van der Waals surface area contributed by atoms with E-state index in [-0.39, 0.29) is 6.79 Å². The number of fused-ring (bicyclic) bond motifs is 1. The van der Waals surface area contributed by atoms with Crippen LogP contribution in [0.5, 0.6) is 17.2 Å². The van der Waals surface area contributed by atoms with Gasteiger partial charge in [0.25, 0.3) is 0 Å². The van der Waals surface area contributed by atoms with Crippen molar-refractivity contribution in [2.75, 3.05) is 19.9 Å². The maximum absolute atomic E-state index is 5.90. The molecule has 0 fully saturated rings. The van der Waals surface area contributed by atoms with Crippen LogP contribution in [-0.2, 0) is 6.54 Å². The predicted molar refractivity (Wildman–Crippen MR) is 84.0 cm³/mol. The first-order valence-electron chi connectivity index (χ1n) is 7.57. The van der Waals surface area contributed by atoms with Crippen LogP contribution in [0.2, 0.25) is 0 Å². The summed E-state index contributed by atoms with van der Waals surface area (Å²) < 4.78 is 16.8. The molecule has 1 aromatic carbocycles. The van der Waals surface area contributed by atoms with Gasteiger partial charge in [0.1, 0.15) is 5.75 Å². The van der Waals surface area contributed by atoms with Gasteiger partial charge in [0.2, 0.25) is 6.79 Å². The Kier molecular flexibility index (Phi) is 5.93. The average Bonchev–Trinajstić information content (AvgIpc) is 2.90. The number of unbranched alkanes of at least 4 members (excludes halogenated alkanes) is 1. The molecule has 0 aromatic heterocycles. The molecule has 1 N–H and O–H groups in total. The Morgan fingerprint density at radius 2 is 2.10 bits per heavy atom. The van der Waals surface area contributed by atoms with Crippen LogP contribution in [0.25, 0.3) is 0 Å². The van der Waals surface area contributed by atoms with E-state index in [2.05, 4.69) is 25.7 Å². The summed E-state index contributed by atoms with van der Waals surface area (Å²) in [5.74, 6) is 3.06. The second kappa shape index (κ2) is 7.93. The SMILES string of the molecule is C=CCCCOc1cc2c(cc1CNCC(C)C)OCO2. The summed E-state index contributed by atoms with van der Waals surface area (Å²) in [6, 6.07) is 3.95. The van der Waals surface area contributed by atoms with Crippen molar-refractivity contribution in [3.05, 3.63) is 30.4 Å². The molecule has 1 heterocycles. The Hall–Kier alpha value is -1.68. The molecule has 0 saturated carbocycles. The van der Waals surface area contributed by atoms with Gasteiger partial charge >= 0.3 is 0 Å². The molecule has 0 spiro atoms. The second-order valence-electron chi connectivity index (χ2n) is 5.62. The van der Waals surface area contributed by atoms with Gasteiger partial charge in [-0.05, 0) is 31.4 Å². The van der Waals surface area contributed by atoms with Gasteiger partial charge in [0, 0.05) is 18.2 Å². The number of hydrogen-bond donors (Lipinski definition) is 1. The minimum absolute atomic E-state index is 0.286. The molecule has 0 saturated heterocycles. The van der Waals surface area contributed by atoms with Gasteiger partial charge in [-0.25, -0.2) is 0 Å². The van der Waals surface area contributed by atoms with Crippen molar-refractivity contribution < 1.29 is 14.2 Å². The van der Waals surface area contributed by atoms with E-state index in [0.29, 0.717) is 12.5 Å². The molecule has 21 heavy (non-hydrogen) atoms. The zero-order valence-corrected chi connectivity index (χ0v) is 13.0. The minimum atomic E-state index is 0.286. The maximum atomic E-state index is 5.90. The normalized spacial score (nSPS) is 12.7. The summed E-state index contributed by atoms with van der Waals surface area (Å²) in [7, 11) is 0. The Bertz CT molecular complexity index is 471. The number of ether oxygens (including phenoxy) is 3. The molecule has 4 heteroatoms. The van der Waals surface area contributed by atoms with Gasteiger partial charge in [0.15, 0.2) is 11.5 Å². The average molecular weight is 291 g/mol. The summed E-state index contributed by atoms with van der Waals surface area (Å²) in [6.07, 6.45) is 3.84. The van der Waals surface area contributed by atoms with Crippen LogP contribution >= 0.6 is 0 Å². The Balaban J connectivity index is 2.02. The van der Waals surface area contributed by atoms with E-state index < -0.39 is 0 Å². The van der Waals surface area contributed by atoms with Crippen molar-refractivity contribution in [1.29, 1.82) is 0 Å². The van der Waals surface area contributed by atoms with Crippen LogP contribution in [0.1, 0.15) is 32.3 Å². The first kappa shape index (κ1) is 15.7. The molecule has 2 rings (SSSR count). The molecule has 1 aliphatic heterocycles. The van der Waals surface area contributed by atoms with Crippen molar-refractivity contribution in [3.63, 3.8) is 0 Å². The number of hydrogen-bond acceptors (Lipinski definition) is 4. The van der Waals surface area contributed by atoms with Crippen molar-refractivity contribution in [3.8, 4) is 17.2 Å². The lowest BCUT2D eigenvalue weighted by atomic mass is 10.1. The van der Waals surface area contributed by atoms with Crippen LogP contribution in [0.4, 0.5) is 0 Å². The molecule has 0 atom stereocenters. The monoisotopic (exact) mass is 291 g/mol.